The monoisotopic (exact) mass is 614 g/mol. The van der Waals surface area contributed by atoms with Crippen molar-refractivity contribution in [1.29, 1.82) is 0 Å². The third-order valence-electron chi connectivity index (χ3n) is 5.70. The average Bonchev–Trinajstić information content (AvgIpc) is 3.33. The number of alkyl halides is 5. The molecule has 0 aliphatic rings. The van der Waals surface area contributed by atoms with E-state index in [1.165, 1.54) is 37.3 Å². The minimum absolute atomic E-state index is 0.0699. The molecule has 2 aromatic carbocycles. The summed E-state index contributed by atoms with van der Waals surface area (Å²) in [4.78, 5) is 15.8. The van der Waals surface area contributed by atoms with Gasteiger partial charge in [0.25, 0.3) is 15.9 Å². The van der Waals surface area contributed by atoms with Crippen LogP contribution in [0.4, 0.5) is 43.7 Å². The molecule has 0 spiro atoms. The molecular formula is C25H20F6N6O4S. The van der Waals surface area contributed by atoms with Gasteiger partial charge in [-0.05, 0) is 48.9 Å². The summed E-state index contributed by atoms with van der Waals surface area (Å²) in [5.41, 5.74) is 4.10. The average molecular weight is 615 g/mol. The molecule has 2 aromatic heterocycles. The number of anilines is 3. The van der Waals surface area contributed by atoms with Crippen molar-refractivity contribution < 1.29 is 44.3 Å². The van der Waals surface area contributed by atoms with Crippen molar-refractivity contribution in [3.8, 4) is 17.0 Å². The molecule has 10 nitrogen and oxygen atoms in total. The molecule has 0 radical (unpaired) electrons. The molecule has 42 heavy (non-hydrogen) atoms. The Labute approximate surface area is 234 Å². The predicted molar refractivity (Wildman–Crippen MR) is 139 cm³/mol. The van der Waals surface area contributed by atoms with E-state index in [1.54, 1.807) is 4.72 Å². The van der Waals surface area contributed by atoms with Crippen molar-refractivity contribution in [2.75, 3.05) is 10.0 Å². The summed E-state index contributed by atoms with van der Waals surface area (Å²) >= 11 is 0. The van der Waals surface area contributed by atoms with Crippen molar-refractivity contribution in [1.82, 2.24) is 15.2 Å². The summed E-state index contributed by atoms with van der Waals surface area (Å²) in [6, 6.07) is 11.6. The number of hydrogen-bond acceptors (Lipinski definition) is 7. The van der Waals surface area contributed by atoms with Crippen LogP contribution in [0.2, 0.25) is 0 Å². The lowest BCUT2D eigenvalue weighted by Crippen LogP contribution is -2.21. The lowest BCUT2D eigenvalue weighted by Gasteiger charge is -2.19. The van der Waals surface area contributed by atoms with Crippen LogP contribution in [0.5, 0.6) is 5.75 Å². The fraction of sp³-hybridized carbons (Fsp3) is 0.160. The molecule has 1 unspecified atom stereocenters. The third kappa shape index (κ3) is 6.73. The molecule has 4 rings (SSSR count). The number of primary amides is 1. The maximum absolute atomic E-state index is 13.4. The molecule has 17 heteroatoms. The number of hydrogen-bond donors (Lipinski definition) is 4. The number of aromatic nitrogens is 3. The summed E-state index contributed by atoms with van der Waals surface area (Å²) in [6.45, 7) is 1.53. The highest BCUT2D eigenvalue weighted by molar-refractivity contribution is 7.93. The second kappa shape index (κ2) is 11.6. The number of nitrogens with zero attached hydrogens (tertiary/aromatic N) is 2. The molecule has 1 atom stereocenters. The van der Waals surface area contributed by atoms with E-state index in [2.05, 4.69) is 20.5 Å². The number of pyridine rings is 1. The number of amides is 1. The maximum atomic E-state index is 13.4. The van der Waals surface area contributed by atoms with Gasteiger partial charge in [-0.15, -0.1) is 0 Å². The maximum Gasteiger partial charge on any atom is 0.433 e. The standard InChI is InChI=1S/C25H20F6N6O4S/c1-12(13-5-8-15(26)9-6-13)41-17-11-14(7-10-16(17)37-42(39,40)24(27)28)21-20(22(32)38)23(36-35-21)34-19-4-2-3-18(33-19)25(29,30)31/h2-12,24,37H,1H3,(H2,32,38)(H2,33,34,35,36). The summed E-state index contributed by atoms with van der Waals surface area (Å²) in [6.07, 6.45) is -5.59. The molecule has 2 heterocycles. The summed E-state index contributed by atoms with van der Waals surface area (Å²) in [7, 11) is -5.13. The zero-order chi connectivity index (χ0) is 30.8. The third-order valence-corrected chi connectivity index (χ3v) is 6.67. The van der Waals surface area contributed by atoms with Gasteiger partial charge in [0.15, 0.2) is 5.82 Å². The van der Waals surface area contributed by atoms with E-state index < -0.39 is 45.5 Å². The summed E-state index contributed by atoms with van der Waals surface area (Å²) in [5.74, 6) is -6.22. The number of benzene rings is 2. The molecule has 4 aromatic rings. The number of nitrogens with two attached hydrogens (primary N) is 1. The van der Waals surface area contributed by atoms with Crippen LogP contribution in [0, 0.1) is 5.82 Å². The molecule has 222 valence electrons. The van der Waals surface area contributed by atoms with Crippen LogP contribution in [-0.2, 0) is 16.2 Å². The van der Waals surface area contributed by atoms with Crippen LogP contribution in [0.1, 0.15) is 34.6 Å². The lowest BCUT2D eigenvalue weighted by atomic mass is 10.1. The van der Waals surface area contributed by atoms with Crippen LogP contribution in [0.15, 0.2) is 60.7 Å². The van der Waals surface area contributed by atoms with Gasteiger partial charge in [-0.25, -0.2) is 17.8 Å². The van der Waals surface area contributed by atoms with E-state index in [-0.39, 0.29) is 39.9 Å². The van der Waals surface area contributed by atoms with Gasteiger partial charge < -0.3 is 15.8 Å². The Kier molecular flexibility index (Phi) is 8.33. The predicted octanol–water partition coefficient (Wildman–Crippen LogP) is 5.58. The Morgan fingerprint density at radius 2 is 1.76 bits per heavy atom. The number of ether oxygens (including phenoxy) is 1. The van der Waals surface area contributed by atoms with Crippen LogP contribution >= 0.6 is 0 Å². The Balaban J connectivity index is 1.75. The first-order valence-electron chi connectivity index (χ1n) is 11.7. The number of carbonyl (C=O) groups excluding carboxylic acids is 1. The zero-order valence-electron chi connectivity index (χ0n) is 21.2. The molecule has 0 bridgehead atoms. The van der Waals surface area contributed by atoms with Gasteiger partial charge in [-0.2, -0.15) is 27.1 Å². The second-order valence-corrected chi connectivity index (χ2v) is 10.3. The van der Waals surface area contributed by atoms with Crippen molar-refractivity contribution in [2.45, 2.75) is 25.0 Å². The fourth-order valence-electron chi connectivity index (χ4n) is 3.71. The van der Waals surface area contributed by atoms with E-state index in [9.17, 15) is 39.6 Å². The molecule has 0 aliphatic carbocycles. The van der Waals surface area contributed by atoms with Crippen molar-refractivity contribution in [2.24, 2.45) is 5.73 Å². The largest absolute Gasteiger partial charge is 0.484 e. The van der Waals surface area contributed by atoms with Crippen molar-refractivity contribution >= 4 is 33.3 Å². The van der Waals surface area contributed by atoms with Crippen molar-refractivity contribution in [3.05, 3.63) is 83.3 Å². The first kappa shape index (κ1) is 30.2. The SMILES string of the molecule is CC(Oc1cc(-c2[nH]nc(Nc3cccc(C(F)(F)F)n3)c2C(N)=O)ccc1NS(=O)(=O)C(F)F)c1ccc(F)cc1. The van der Waals surface area contributed by atoms with Gasteiger partial charge in [0.05, 0.1) is 11.4 Å². The van der Waals surface area contributed by atoms with E-state index in [1.807, 2.05) is 0 Å². The number of carbonyl (C=O) groups is 1. The minimum atomic E-state index is -5.13. The summed E-state index contributed by atoms with van der Waals surface area (Å²) in [5, 5.41) is 8.92. The topological polar surface area (TPSA) is 152 Å². The van der Waals surface area contributed by atoms with E-state index in [0.717, 1.165) is 30.3 Å². The van der Waals surface area contributed by atoms with Gasteiger partial charge in [-0.3, -0.25) is 14.6 Å². The first-order chi connectivity index (χ1) is 19.7. The molecule has 0 saturated carbocycles. The van der Waals surface area contributed by atoms with Crippen LogP contribution in [0.25, 0.3) is 11.3 Å². The van der Waals surface area contributed by atoms with Gasteiger partial charge >= 0.3 is 11.9 Å². The van der Waals surface area contributed by atoms with Crippen LogP contribution in [-0.4, -0.2) is 35.3 Å². The van der Waals surface area contributed by atoms with E-state index >= 15 is 0 Å². The smallest absolute Gasteiger partial charge is 0.433 e. The highest BCUT2D eigenvalue weighted by Crippen LogP contribution is 2.37. The number of rotatable bonds is 10. The molecular weight excluding hydrogens is 594 g/mol. The normalized spacial score (nSPS) is 12.7. The Morgan fingerprint density at radius 3 is 2.38 bits per heavy atom. The van der Waals surface area contributed by atoms with Crippen LogP contribution in [0.3, 0.4) is 0 Å². The molecule has 0 aliphatic heterocycles. The molecule has 1 amide bonds. The second-order valence-electron chi connectivity index (χ2n) is 8.65. The first-order valence-corrected chi connectivity index (χ1v) is 13.3. The number of halogens is 6. The number of nitrogens with one attached hydrogen (secondary N) is 3. The lowest BCUT2D eigenvalue weighted by molar-refractivity contribution is -0.141. The van der Waals surface area contributed by atoms with Gasteiger partial charge in [0.1, 0.15) is 34.7 Å². The molecule has 5 N–H and O–H groups in total. The minimum Gasteiger partial charge on any atom is -0.484 e. The quantitative estimate of drug-likeness (QED) is 0.170. The Morgan fingerprint density at radius 1 is 1.07 bits per heavy atom. The van der Waals surface area contributed by atoms with Crippen LogP contribution < -0.4 is 20.5 Å². The van der Waals surface area contributed by atoms with Gasteiger partial charge in [0.2, 0.25) is 0 Å². The number of H-pyrrole nitrogens is 1. The van der Waals surface area contributed by atoms with Crippen molar-refractivity contribution in [3.63, 3.8) is 0 Å². The fourth-order valence-corrected chi connectivity index (χ4v) is 4.28. The molecule has 0 saturated heterocycles. The highest BCUT2D eigenvalue weighted by Gasteiger charge is 2.33. The number of sulfonamides is 1. The summed E-state index contributed by atoms with van der Waals surface area (Å²) < 4.78 is 110. The Bertz CT molecular complexity index is 1710. The molecule has 0 fully saturated rings. The Hall–Kier alpha value is -4.80. The van der Waals surface area contributed by atoms with Gasteiger partial charge in [0, 0.05) is 5.56 Å². The number of aromatic amines is 1. The highest BCUT2D eigenvalue weighted by atomic mass is 32.2. The van der Waals surface area contributed by atoms with E-state index in [0.29, 0.717) is 5.56 Å². The zero-order valence-corrected chi connectivity index (χ0v) is 22.0. The van der Waals surface area contributed by atoms with E-state index in [4.69, 9.17) is 10.5 Å². The van der Waals surface area contributed by atoms with Gasteiger partial charge in [-0.1, -0.05) is 24.3 Å².